The van der Waals surface area contributed by atoms with E-state index in [9.17, 15) is 4.79 Å². The van der Waals surface area contributed by atoms with Crippen molar-refractivity contribution in [3.05, 3.63) is 46.5 Å². The number of fused-ring (bicyclic) bond motifs is 2. The van der Waals surface area contributed by atoms with E-state index >= 15 is 0 Å². The maximum atomic E-state index is 12.2. The Morgan fingerprint density at radius 1 is 0.889 bits per heavy atom. The molecule has 0 aliphatic heterocycles. The summed E-state index contributed by atoms with van der Waals surface area (Å²) in [4.78, 5) is 12.2. The van der Waals surface area contributed by atoms with Crippen LogP contribution in [0.15, 0.2) is 24.3 Å². The lowest BCUT2D eigenvalue weighted by Gasteiger charge is -2.11. The number of aryl methyl sites for hydroxylation is 3. The van der Waals surface area contributed by atoms with E-state index in [1.54, 1.807) is 0 Å². The van der Waals surface area contributed by atoms with Gasteiger partial charge in [-0.05, 0) is 65.6 Å². The van der Waals surface area contributed by atoms with Crippen molar-refractivity contribution in [2.75, 3.05) is 0 Å². The first-order valence-electron chi connectivity index (χ1n) is 6.94. The maximum absolute atomic E-state index is 12.2. The molecule has 0 bridgehead atoms. The second-order valence-corrected chi connectivity index (χ2v) is 5.53. The lowest BCUT2D eigenvalue weighted by atomic mass is 9.92. The minimum atomic E-state index is 0.359. The van der Waals surface area contributed by atoms with Crippen molar-refractivity contribution in [1.29, 1.82) is 0 Å². The maximum Gasteiger partial charge on any atom is 0.163 e. The number of Topliss-reactive ketones (excluding diaryl/α,β-unsaturated/α-hetero) is 1. The number of hydrogen-bond acceptors (Lipinski definition) is 1. The van der Waals surface area contributed by atoms with Crippen molar-refractivity contribution in [2.24, 2.45) is 0 Å². The Morgan fingerprint density at radius 3 is 2.67 bits per heavy atom. The Kier molecular flexibility index (Phi) is 2.11. The summed E-state index contributed by atoms with van der Waals surface area (Å²) < 4.78 is 0. The van der Waals surface area contributed by atoms with Gasteiger partial charge in [-0.1, -0.05) is 18.2 Å². The summed E-state index contributed by atoms with van der Waals surface area (Å²) in [6.07, 6.45) is 6.25. The molecule has 0 unspecified atom stereocenters. The number of benzene rings is 2. The molecule has 4 rings (SSSR count). The number of ketones is 1. The Hall–Kier alpha value is -1.63. The molecule has 2 aromatic carbocycles. The van der Waals surface area contributed by atoms with E-state index in [1.165, 1.54) is 27.5 Å². The van der Waals surface area contributed by atoms with Crippen LogP contribution in [0.2, 0.25) is 0 Å². The van der Waals surface area contributed by atoms with Gasteiger partial charge >= 0.3 is 0 Å². The fraction of sp³-hybridized carbons (Fsp3) is 0.353. The quantitative estimate of drug-likeness (QED) is 0.635. The Labute approximate surface area is 107 Å². The predicted molar refractivity (Wildman–Crippen MR) is 73.2 cm³/mol. The third kappa shape index (κ3) is 1.30. The van der Waals surface area contributed by atoms with Crippen molar-refractivity contribution < 1.29 is 4.79 Å². The van der Waals surface area contributed by atoms with Crippen LogP contribution in [-0.4, -0.2) is 5.78 Å². The molecule has 1 heteroatoms. The van der Waals surface area contributed by atoms with Gasteiger partial charge in [-0.3, -0.25) is 4.79 Å². The van der Waals surface area contributed by atoms with Crippen LogP contribution in [0.4, 0.5) is 0 Å². The summed E-state index contributed by atoms with van der Waals surface area (Å²) in [6, 6.07) is 8.80. The first kappa shape index (κ1) is 10.3. The lowest BCUT2D eigenvalue weighted by Crippen LogP contribution is -2.02. The molecule has 0 amide bonds. The van der Waals surface area contributed by atoms with E-state index < -0.39 is 0 Å². The zero-order valence-electron chi connectivity index (χ0n) is 10.5. The minimum Gasteiger partial charge on any atom is -0.294 e. The third-order valence-corrected chi connectivity index (χ3v) is 4.49. The second-order valence-electron chi connectivity index (χ2n) is 5.53. The Balaban J connectivity index is 2.12. The van der Waals surface area contributed by atoms with Crippen LogP contribution >= 0.6 is 0 Å². The van der Waals surface area contributed by atoms with Crippen molar-refractivity contribution in [3.63, 3.8) is 0 Å². The largest absolute Gasteiger partial charge is 0.294 e. The van der Waals surface area contributed by atoms with E-state index in [0.29, 0.717) is 5.78 Å². The highest BCUT2D eigenvalue weighted by Gasteiger charge is 2.23. The van der Waals surface area contributed by atoms with Gasteiger partial charge in [0.15, 0.2) is 5.78 Å². The highest BCUT2D eigenvalue weighted by molar-refractivity contribution is 6.05. The van der Waals surface area contributed by atoms with Crippen LogP contribution in [-0.2, 0) is 19.3 Å². The number of rotatable bonds is 0. The molecular formula is C17H16O. The molecule has 18 heavy (non-hydrogen) atoms. The van der Waals surface area contributed by atoms with E-state index in [4.69, 9.17) is 0 Å². The molecule has 0 saturated heterocycles. The summed E-state index contributed by atoms with van der Waals surface area (Å²) in [5, 5.41) is 2.80. The van der Waals surface area contributed by atoms with E-state index in [1.807, 2.05) is 0 Å². The molecule has 0 atom stereocenters. The zero-order chi connectivity index (χ0) is 12.1. The van der Waals surface area contributed by atoms with Crippen molar-refractivity contribution in [3.8, 4) is 0 Å². The smallest absolute Gasteiger partial charge is 0.163 e. The molecule has 0 spiro atoms. The van der Waals surface area contributed by atoms with Gasteiger partial charge in [0, 0.05) is 12.0 Å². The molecule has 0 heterocycles. The first-order chi connectivity index (χ1) is 8.84. The molecule has 0 aromatic heterocycles. The van der Waals surface area contributed by atoms with Gasteiger partial charge < -0.3 is 0 Å². The third-order valence-electron chi connectivity index (χ3n) is 4.49. The molecule has 0 fully saturated rings. The molecule has 2 aromatic rings. The van der Waals surface area contributed by atoms with Gasteiger partial charge in [0.25, 0.3) is 0 Å². The monoisotopic (exact) mass is 236 g/mol. The zero-order valence-corrected chi connectivity index (χ0v) is 10.5. The summed E-state index contributed by atoms with van der Waals surface area (Å²) in [6.45, 7) is 0. The van der Waals surface area contributed by atoms with Gasteiger partial charge in [0.1, 0.15) is 0 Å². The van der Waals surface area contributed by atoms with Gasteiger partial charge in [-0.15, -0.1) is 0 Å². The number of hydrogen-bond donors (Lipinski definition) is 0. The van der Waals surface area contributed by atoms with Crippen molar-refractivity contribution in [2.45, 2.75) is 38.5 Å². The van der Waals surface area contributed by atoms with Gasteiger partial charge in [0.2, 0.25) is 0 Å². The molecule has 0 saturated carbocycles. The standard InChI is InChI=1S/C17H16O/c18-16-7-2-1-5-13-14-6-3-4-11-8-9-12(17(11)14)10-15(13)16/h3-4,6,10H,1-2,5,7-9H2. The molecular weight excluding hydrogens is 220 g/mol. The molecule has 2 aliphatic carbocycles. The topological polar surface area (TPSA) is 17.1 Å². The molecule has 2 aliphatic rings. The van der Waals surface area contributed by atoms with Crippen molar-refractivity contribution in [1.82, 2.24) is 0 Å². The van der Waals surface area contributed by atoms with E-state index in [-0.39, 0.29) is 0 Å². The summed E-state index contributed by atoms with van der Waals surface area (Å²) in [5.74, 6) is 0.359. The SMILES string of the molecule is O=C1CCCCc2c1cc1c3c(cccc23)CC1. The van der Waals surface area contributed by atoms with Gasteiger partial charge in [-0.25, -0.2) is 0 Å². The molecule has 0 N–H and O–H groups in total. The fourth-order valence-corrected chi connectivity index (χ4v) is 3.62. The normalized spacial score (nSPS) is 17.9. The highest BCUT2D eigenvalue weighted by Crippen LogP contribution is 2.37. The average molecular weight is 236 g/mol. The number of carbonyl (C=O) groups is 1. The van der Waals surface area contributed by atoms with Crippen LogP contribution in [0.1, 0.15) is 46.3 Å². The minimum absolute atomic E-state index is 0.359. The summed E-state index contributed by atoms with van der Waals surface area (Å²) in [5.41, 5.74) is 5.21. The van der Waals surface area contributed by atoms with E-state index in [2.05, 4.69) is 24.3 Å². The fourth-order valence-electron chi connectivity index (χ4n) is 3.62. The summed E-state index contributed by atoms with van der Waals surface area (Å²) in [7, 11) is 0. The second kappa shape index (κ2) is 3.68. The Morgan fingerprint density at radius 2 is 1.72 bits per heavy atom. The molecule has 1 nitrogen and oxygen atoms in total. The summed E-state index contributed by atoms with van der Waals surface area (Å²) >= 11 is 0. The van der Waals surface area contributed by atoms with Crippen molar-refractivity contribution >= 4 is 16.6 Å². The first-order valence-corrected chi connectivity index (χ1v) is 6.94. The predicted octanol–water partition coefficient (Wildman–Crippen LogP) is 3.85. The Bertz CT molecular complexity index is 667. The molecule has 90 valence electrons. The highest BCUT2D eigenvalue weighted by atomic mass is 16.1. The number of carbonyl (C=O) groups excluding carboxylic acids is 1. The molecule has 0 radical (unpaired) electrons. The van der Waals surface area contributed by atoms with Crippen LogP contribution in [0, 0.1) is 0 Å². The average Bonchev–Trinajstić information content (AvgIpc) is 2.71. The van der Waals surface area contributed by atoms with Crippen LogP contribution in [0.25, 0.3) is 10.8 Å². The van der Waals surface area contributed by atoms with Crippen LogP contribution in [0.5, 0.6) is 0 Å². The van der Waals surface area contributed by atoms with Gasteiger partial charge in [-0.2, -0.15) is 0 Å². The lowest BCUT2D eigenvalue weighted by molar-refractivity contribution is 0.0982. The van der Waals surface area contributed by atoms with Crippen LogP contribution < -0.4 is 0 Å². The van der Waals surface area contributed by atoms with Gasteiger partial charge in [0.05, 0.1) is 0 Å². The van der Waals surface area contributed by atoms with E-state index in [0.717, 1.165) is 44.1 Å². The van der Waals surface area contributed by atoms with Crippen LogP contribution in [0.3, 0.4) is 0 Å².